The molecule has 1 rings (SSSR count). The van der Waals surface area contributed by atoms with Crippen LogP contribution in [0.25, 0.3) is 0 Å². The third-order valence-corrected chi connectivity index (χ3v) is 3.62. The molecule has 0 fully saturated rings. The Morgan fingerprint density at radius 1 is 1.20 bits per heavy atom. The predicted octanol–water partition coefficient (Wildman–Crippen LogP) is 4.18. The van der Waals surface area contributed by atoms with Crippen LogP contribution in [0.2, 0.25) is 0 Å². The minimum atomic E-state index is -4.49. The number of nitrogens with two attached hydrogens (primary N) is 1. The fraction of sp³-hybridized carbons (Fsp3) is 0.571. The van der Waals surface area contributed by atoms with Gasteiger partial charge >= 0.3 is 6.18 Å². The molecule has 2 nitrogen and oxygen atoms in total. The minimum Gasteiger partial charge on any atom is -0.271 e. The van der Waals surface area contributed by atoms with Gasteiger partial charge in [-0.1, -0.05) is 26.7 Å². The maximum atomic E-state index is 13.8. The predicted molar refractivity (Wildman–Crippen MR) is 70.2 cm³/mol. The molecule has 1 aromatic carbocycles. The van der Waals surface area contributed by atoms with Crippen molar-refractivity contribution in [2.75, 3.05) is 0 Å². The number of rotatable bonds is 6. The molecular weight excluding hydrogens is 272 g/mol. The molecule has 0 saturated heterocycles. The first-order valence-corrected chi connectivity index (χ1v) is 6.66. The lowest BCUT2D eigenvalue weighted by Crippen LogP contribution is -2.30. The maximum Gasteiger partial charge on any atom is 0.416 e. The van der Waals surface area contributed by atoms with Gasteiger partial charge in [-0.25, -0.2) is 4.39 Å². The molecule has 0 bridgehead atoms. The molecule has 1 atom stereocenters. The van der Waals surface area contributed by atoms with Gasteiger partial charge in [0.1, 0.15) is 5.82 Å². The van der Waals surface area contributed by atoms with E-state index in [2.05, 4.69) is 5.43 Å². The van der Waals surface area contributed by atoms with Gasteiger partial charge in [-0.05, 0) is 30.5 Å². The second-order valence-electron chi connectivity index (χ2n) is 4.87. The minimum absolute atomic E-state index is 0.0331. The number of hydrogen-bond acceptors (Lipinski definition) is 2. The van der Waals surface area contributed by atoms with Crippen molar-refractivity contribution < 1.29 is 17.6 Å². The molecular formula is C14H20F4N2. The van der Waals surface area contributed by atoms with E-state index in [4.69, 9.17) is 5.84 Å². The summed E-state index contributed by atoms with van der Waals surface area (Å²) in [5, 5.41) is 0. The van der Waals surface area contributed by atoms with Gasteiger partial charge in [0.15, 0.2) is 0 Å². The van der Waals surface area contributed by atoms with Crippen molar-refractivity contribution in [3.63, 3.8) is 0 Å². The van der Waals surface area contributed by atoms with Gasteiger partial charge in [0, 0.05) is 11.6 Å². The van der Waals surface area contributed by atoms with Crippen LogP contribution >= 0.6 is 0 Å². The number of hydrazine groups is 1. The van der Waals surface area contributed by atoms with E-state index in [1.807, 2.05) is 13.8 Å². The van der Waals surface area contributed by atoms with Crippen molar-refractivity contribution in [1.29, 1.82) is 0 Å². The first-order chi connectivity index (χ1) is 9.33. The molecule has 0 amide bonds. The summed E-state index contributed by atoms with van der Waals surface area (Å²) >= 11 is 0. The van der Waals surface area contributed by atoms with Crippen LogP contribution in [0.4, 0.5) is 17.6 Å². The smallest absolute Gasteiger partial charge is 0.271 e. The summed E-state index contributed by atoms with van der Waals surface area (Å²) in [6.45, 7) is 3.98. The fourth-order valence-electron chi connectivity index (χ4n) is 2.23. The molecule has 0 aliphatic carbocycles. The van der Waals surface area contributed by atoms with Crippen LogP contribution < -0.4 is 11.3 Å². The van der Waals surface area contributed by atoms with Crippen LogP contribution in [0.5, 0.6) is 0 Å². The van der Waals surface area contributed by atoms with E-state index in [0.717, 1.165) is 31.0 Å². The average Bonchev–Trinajstić information content (AvgIpc) is 2.40. The molecule has 3 N–H and O–H groups in total. The van der Waals surface area contributed by atoms with Gasteiger partial charge in [0.25, 0.3) is 0 Å². The third-order valence-electron chi connectivity index (χ3n) is 3.62. The number of nitrogens with one attached hydrogen (secondary N) is 1. The summed E-state index contributed by atoms with van der Waals surface area (Å²) in [6, 6.07) is 1.79. The monoisotopic (exact) mass is 292 g/mol. The van der Waals surface area contributed by atoms with Crippen LogP contribution in [0, 0.1) is 11.7 Å². The van der Waals surface area contributed by atoms with Gasteiger partial charge in [-0.2, -0.15) is 13.2 Å². The highest BCUT2D eigenvalue weighted by Gasteiger charge is 2.32. The summed E-state index contributed by atoms with van der Waals surface area (Å²) in [5.41, 5.74) is 1.53. The SMILES string of the molecule is CCC(CC)CC(NN)c1cc(C(F)(F)F)ccc1F. The average molecular weight is 292 g/mol. The second-order valence-corrected chi connectivity index (χ2v) is 4.87. The van der Waals surface area contributed by atoms with Crippen molar-refractivity contribution in [1.82, 2.24) is 5.43 Å². The summed E-state index contributed by atoms with van der Waals surface area (Å²) in [4.78, 5) is 0. The molecule has 6 heteroatoms. The zero-order valence-electron chi connectivity index (χ0n) is 11.6. The standard InChI is InChI=1S/C14H20F4N2/c1-3-9(4-2)7-13(20-19)11-8-10(14(16,17)18)5-6-12(11)15/h5-6,8-9,13,20H,3-4,7,19H2,1-2H3. The van der Waals surface area contributed by atoms with Crippen LogP contribution in [-0.4, -0.2) is 0 Å². The molecule has 0 radical (unpaired) electrons. The Bertz CT molecular complexity index is 428. The normalized spacial score (nSPS) is 13.8. The highest BCUT2D eigenvalue weighted by molar-refractivity contribution is 5.29. The maximum absolute atomic E-state index is 13.8. The van der Waals surface area contributed by atoms with Crippen molar-refractivity contribution in [3.05, 3.63) is 35.1 Å². The molecule has 20 heavy (non-hydrogen) atoms. The molecule has 1 aromatic rings. The van der Waals surface area contributed by atoms with Crippen LogP contribution in [0.15, 0.2) is 18.2 Å². The van der Waals surface area contributed by atoms with Gasteiger partial charge in [0.2, 0.25) is 0 Å². The summed E-state index contributed by atoms with van der Waals surface area (Å²) in [6.07, 6.45) is -2.25. The summed E-state index contributed by atoms with van der Waals surface area (Å²) < 4.78 is 51.9. The molecule has 0 heterocycles. The lowest BCUT2D eigenvalue weighted by Gasteiger charge is -2.23. The van der Waals surface area contributed by atoms with Crippen molar-refractivity contribution in [2.45, 2.75) is 45.3 Å². The Hall–Kier alpha value is -1.14. The van der Waals surface area contributed by atoms with Gasteiger partial charge in [-0.15, -0.1) is 0 Å². The molecule has 114 valence electrons. The quantitative estimate of drug-likeness (QED) is 0.469. The highest BCUT2D eigenvalue weighted by atomic mass is 19.4. The van der Waals surface area contributed by atoms with Gasteiger partial charge < -0.3 is 0 Å². The van der Waals surface area contributed by atoms with E-state index in [1.165, 1.54) is 0 Å². The van der Waals surface area contributed by atoms with E-state index in [0.29, 0.717) is 6.42 Å². The zero-order valence-corrected chi connectivity index (χ0v) is 11.6. The first kappa shape index (κ1) is 16.9. The van der Waals surface area contributed by atoms with E-state index < -0.39 is 23.6 Å². The van der Waals surface area contributed by atoms with Crippen LogP contribution in [0.1, 0.15) is 50.3 Å². The number of benzene rings is 1. The first-order valence-electron chi connectivity index (χ1n) is 6.66. The Labute approximate surface area is 116 Å². The Kier molecular flexibility index (Phi) is 5.95. The van der Waals surface area contributed by atoms with Crippen molar-refractivity contribution in [2.24, 2.45) is 11.8 Å². The molecule has 0 saturated carbocycles. The largest absolute Gasteiger partial charge is 0.416 e. The summed E-state index contributed by atoms with van der Waals surface area (Å²) in [7, 11) is 0. The topological polar surface area (TPSA) is 38.0 Å². The van der Waals surface area contributed by atoms with Crippen molar-refractivity contribution in [3.8, 4) is 0 Å². The van der Waals surface area contributed by atoms with Crippen LogP contribution in [-0.2, 0) is 6.18 Å². The fourth-order valence-corrected chi connectivity index (χ4v) is 2.23. The van der Waals surface area contributed by atoms with Gasteiger partial charge in [-0.3, -0.25) is 11.3 Å². The number of halogens is 4. The van der Waals surface area contributed by atoms with Crippen LogP contribution in [0.3, 0.4) is 0 Å². The Morgan fingerprint density at radius 2 is 1.80 bits per heavy atom. The third kappa shape index (κ3) is 4.18. The van der Waals surface area contributed by atoms with Crippen molar-refractivity contribution >= 4 is 0 Å². The highest BCUT2D eigenvalue weighted by Crippen LogP contribution is 2.33. The summed E-state index contributed by atoms with van der Waals surface area (Å²) in [5.74, 6) is 5.00. The number of alkyl halides is 3. The second kappa shape index (κ2) is 7.04. The van der Waals surface area contributed by atoms with E-state index in [1.54, 1.807) is 0 Å². The zero-order chi connectivity index (χ0) is 15.3. The Morgan fingerprint density at radius 3 is 2.25 bits per heavy atom. The Balaban J connectivity index is 3.08. The molecule has 0 aliphatic rings. The lowest BCUT2D eigenvalue weighted by molar-refractivity contribution is -0.137. The molecule has 0 aromatic heterocycles. The van der Waals surface area contributed by atoms with E-state index >= 15 is 0 Å². The van der Waals surface area contributed by atoms with Gasteiger partial charge in [0.05, 0.1) is 5.56 Å². The molecule has 1 unspecified atom stereocenters. The number of hydrogen-bond donors (Lipinski definition) is 2. The lowest BCUT2D eigenvalue weighted by atomic mass is 9.90. The van der Waals surface area contributed by atoms with E-state index in [9.17, 15) is 17.6 Å². The molecule has 0 aliphatic heterocycles. The van der Waals surface area contributed by atoms with E-state index in [-0.39, 0.29) is 11.5 Å². The molecule has 0 spiro atoms.